The first-order chi connectivity index (χ1) is 36.5. The van der Waals surface area contributed by atoms with E-state index < -0.39 is 12.1 Å². The summed E-state index contributed by atoms with van der Waals surface area (Å²) in [5.41, 5.74) is 0. The van der Waals surface area contributed by atoms with Crippen molar-refractivity contribution in [2.75, 3.05) is 13.2 Å². The lowest BCUT2D eigenvalue weighted by molar-refractivity contribution is -0.166. The maximum Gasteiger partial charge on any atom is 0.310 e. The van der Waals surface area contributed by atoms with Crippen molar-refractivity contribution >= 4 is 17.9 Å². The first-order valence-corrected chi connectivity index (χ1v) is 31.9. The summed E-state index contributed by atoms with van der Waals surface area (Å²) in [6, 6.07) is 0. The summed E-state index contributed by atoms with van der Waals surface area (Å²) < 4.78 is 16.7. The number of unbranched alkanes of at least 4 members (excludes halogenated alkanes) is 36. The van der Waals surface area contributed by atoms with E-state index in [0.717, 1.165) is 89.9 Å². The van der Waals surface area contributed by atoms with Crippen molar-refractivity contribution in [1.82, 2.24) is 0 Å². The summed E-state index contributed by atoms with van der Waals surface area (Å²) in [6.07, 6.45) is 81.2. The smallest absolute Gasteiger partial charge is 0.310 e. The maximum atomic E-state index is 12.8. The van der Waals surface area contributed by atoms with Gasteiger partial charge in [-0.1, -0.05) is 312 Å². The number of carbonyl (C=O) groups is 3. The molecule has 0 aromatic heterocycles. The molecule has 0 saturated heterocycles. The Labute approximate surface area is 459 Å². The second-order valence-corrected chi connectivity index (χ2v) is 21.3. The summed E-state index contributed by atoms with van der Waals surface area (Å²) in [6.45, 7) is 6.40. The van der Waals surface area contributed by atoms with Crippen molar-refractivity contribution in [2.45, 2.75) is 329 Å². The van der Waals surface area contributed by atoms with Gasteiger partial charge in [-0.25, -0.2) is 0 Å². The van der Waals surface area contributed by atoms with Gasteiger partial charge in [0.15, 0.2) is 6.10 Å². The Bertz CT molecular complexity index is 1370. The molecule has 1 unspecified atom stereocenters. The van der Waals surface area contributed by atoms with Gasteiger partial charge >= 0.3 is 17.9 Å². The minimum Gasteiger partial charge on any atom is -0.462 e. The highest BCUT2D eigenvalue weighted by Gasteiger charge is 2.19. The zero-order chi connectivity index (χ0) is 53.6. The van der Waals surface area contributed by atoms with Gasteiger partial charge in [0.05, 0.1) is 6.42 Å². The van der Waals surface area contributed by atoms with E-state index in [4.69, 9.17) is 14.2 Å². The molecular weight excluding hydrogens is 913 g/mol. The SMILES string of the molecule is CC/C=C\C/C=C\C/C=C\C/C=C\C/C=C\CC(=O)OC(COC(=O)CCCCCCC/C=C\CCC)COC(=O)CCCCCCCCCCCCCCCCCCCCCCCCCCCCCCCCC. The van der Waals surface area contributed by atoms with Crippen molar-refractivity contribution in [3.8, 4) is 0 Å². The van der Waals surface area contributed by atoms with Crippen molar-refractivity contribution < 1.29 is 28.6 Å². The van der Waals surface area contributed by atoms with Crippen LogP contribution in [0.2, 0.25) is 0 Å². The number of carbonyl (C=O) groups excluding carboxylic acids is 3. The third-order valence-electron chi connectivity index (χ3n) is 14.0. The van der Waals surface area contributed by atoms with Gasteiger partial charge in [0, 0.05) is 12.8 Å². The highest BCUT2D eigenvalue weighted by atomic mass is 16.6. The molecule has 0 radical (unpaired) electrons. The summed E-state index contributed by atoms with van der Waals surface area (Å²) in [5, 5.41) is 0. The Balaban J connectivity index is 4.12. The molecule has 428 valence electrons. The molecule has 6 heteroatoms. The van der Waals surface area contributed by atoms with Crippen LogP contribution in [0.4, 0.5) is 0 Å². The van der Waals surface area contributed by atoms with Crippen LogP contribution in [-0.4, -0.2) is 37.2 Å². The van der Waals surface area contributed by atoms with E-state index in [-0.39, 0.29) is 31.6 Å². The largest absolute Gasteiger partial charge is 0.462 e. The van der Waals surface area contributed by atoms with Crippen molar-refractivity contribution in [2.24, 2.45) is 0 Å². The van der Waals surface area contributed by atoms with Crippen LogP contribution in [0.3, 0.4) is 0 Å². The summed E-state index contributed by atoms with van der Waals surface area (Å²) in [5.74, 6) is -1.05. The maximum absolute atomic E-state index is 12.8. The minimum atomic E-state index is -0.831. The normalized spacial score (nSPS) is 12.5. The minimum absolute atomic E-state index is 0.0972. The van der Waals surface area contributed by atoms with E-state index in [1.807, 2.05) is 6.08 Å². The first kappa shape index (κ1) is 70.8. The second kappa shape index (κ2) is 62.4. The molecule has 0 bridgehead atoms. The molecule has 0 aromatic carbocycles. The van der Waals surface area contributed by atoms with Crippen molar-refractivity contribution in [3.63, 3.8) is 0 Å². The lowest BCUT2D eigenvalue weighted by atomic mass is 10.0. The standard InChI is InChI=1S/C68H120O6/c1-4-7-10-13-16-19-22-24-26-27-28-29-30-31-32-33-34-35-36-37-38-39-40-41-43-44-46-49-52-55-58-61-67(70)73-64-65(63-72-66(69)60-57-54-51-48-21-18-15-12-9-6-3)74-68(71)62-59-56-53-50-47-45-42-25-23-20-17-14-11-8-5-2/h8,11-12,15,17,20,25,42,47,50,56,59,65H,4-7,9-10,13-14,16,18-19,21-24,26-41,43-46,48-49,51-55,57-58,60-64H2,1-3H3/b11-8-,15-12-,20-17-,42-25-,50-47-,59-56-. The number of hydrogen-bond acceptors (Lipinski definition) is 6. The van der Waals surface area contributed by atoms with Gasteiger partial charge in [-0.15, -0.1) is 0 Å². The van der Waals surface area contributed by atoms with E-state index in [1.54, 1.807) is 6.08 Å². The molecule has 0 aliphatic heterocycles. The molecule has 0 aromatic rings. The number of hydrogen-bond donors (Lipinski definition) is 0. The van der Waals surface area contributed by atoms with Crippen LogP contribution in [0.5, 0.6) is 0 Å². The van der Waals surface area contributed by atoms with Gasteiger partial charge in [-0.3, -0.25) is 14.4 Å². The lowest BCUT2D eigenvalue weighted by Gasteiger charge is -2.18. The van der Waals surface area contributed by atoms with Gasteiger partial charge in [0.2, 0.25) is 0 Å². The van der Waals surface area contributed by atoms with Crippen LogP contribution in [0.1, 0.15) is 323 Å². The van der Waals surface area contributed by atoms with Crippen LogP contribution in [-0.2, 0) is 28.6 Å². The second-order valence-electron chi connectivity index (χ2n) is 21.3. The molecule has 0 heterocycles. The van der Waals surface area contributed by atoms with E-state index >= 15 is 0 Å². The lowest BCUT2D eigenvalue weighted by Crippen LogP contribution is -2.30. The monoisotopic (exact) mass is 1030 g/mol. The van der Waals surface area contributed by atoms with Gasteiger partial charge in [-0.2, -0.15) is 0 Å². The van der Waals surface area contributed by atoms with Gasteiger partial charge in [-0.05, 0) is 64.2 Å². The fraction of sp³-hybridized carbons (Fsp3) is 0.779. The number of esters is 3. The molecule has 0 aliphatic carbocycles. The fourth-order valence-corrected chi connectivity index (χ4v) is 9.23. The van der Waals surface area contributed by atoms with Crippen LogP contribution in [0, 0.1) is 0 Å². The zero-order valence-corrected chi connectivity index (χ0v) is 49.1. The number of allylic oxidation sites excluding steroid dienone is 11. The van der Waals surface area contributed by atoms with E-state index in [0.29, 0.717) is 12.8 Å². The Morgan fingerprint density at radius 2 is 0.595 bits per heavy atom. The van der Waals surface area contributed by atoms with Crippen LogP contribution in [0.15, 0.2) is 72.9 Å². The van der Waals surface area contributed by atoms with Gasteiger partial charge in [0.1, 0.15) is 13.2 Å². The quantitative estimate of drug-likeness (QED) is 0.0261. The Kier molecular flexibility index (Phi) is 59.7. The molecule has 0 fully saturated rings. The molecule has 0 aliphatic rings. The predicted octanol–water partition coefficient (Wildman–Crippen LogP) is 21.7. The summed E-state index contributed by atoms with van der Waals surface area (Å²) in [4.78, 5) is 38.0. The van der Waals surface area contributed by atoms with E-state index in [2.05, 4.69) is 81.5 Å². The zero-order valence-electron chi connectivity index (χ0n) is 49.1. The third-order valence-corrected chi connectivity index (χ3v) is 14.0. The first-order valence-electron chi connectivity index (χ1n) is 31.9. The molecule has 74 heavy (non-hydrogen) atoms. The highest BCUT2D eigenvalue weighted by Crippen LogP contribution is 2.18. The molecule has 1 atom stereocenters. The molecule has 0 rings (SSSR count). The predicted molar refractivity (Wildman–Crippen MR) is 321 cm³/mol. The number of rotatable bonds is 58. The molecule has 6 nitrogen and oxygen atoms in total. The van der Waals surface area contributed by atoms with Crippen LogP contribution >= 0.6 is 0 Å². The van der Waals surface area contributed by atoms with Gasteiger partial charge in [0.25, 0.3) is 0 Å². The summed E-state index contributed by atoms with van der Waals surface area (Å²) >= 11 is 0. The Hall–Kier alpha value is -3.15. The summed E-state index contributed by atoms with van der Waals surface area (Å²) in [7, 11) is 0. The van der Waals surface area contributed by atoms with Crippen molar-refractivity contribution in [1.29, 1.82) is 0 Å². The Morgan fingerprint density at radius 3 is 0.932 bits per heavy atom. The van der Waals surface area contributed by atoms with E-state index in [1.165, 1.54) is 193 Å². The molecule has 0 spiro atoms. The molecule has 0 amide bonds. The third kappa shape index (κ3) is 59.7. The van der Waals surface area contributed by atoms with Crippen molar-refractivity contribution in [3.05, 3.63) is 72.9 Å². The molecular formula is C68H120O6. The molecule has 0 saturated carbocycles. The van der Waals surface area contributed by atoms with E-state index in [9.17, 15) is 14.4 Å². The average molecular weight is 1030 g/mol. The molecule has 0 N–H and O–H groups in total. The number of ether oxygens (including phenoxy) is 3. The average Bonchev–Trinajstić information content (AvgIpc) is 3.40. The van der Waals surface area contributed by atoms with Gasteiger partial charge < -0.3 is 14.2 Å². The fourth-order valence-electron chi connectivity index (χ4n) is 9.23. The highest BCUT2D eigenvalue weighted by molar-refractivity contribution is 5.72. The van der Waals surface area contributed by atoms with Crippen LogP contribution < -0.4 is 0 Å². The topological polar surface area (TPSA) is 78.9 Å². The Morgan fingerprint density at radius 1 is 0.297 bits per heavy atom. The van der Waals surface area contributed by atoms with Crippen LogP contribution in [0.25, 0.3) is 0 Å².